The molecule has 3 aromatic rings. The summed E-state index contributed by atoms with van der Waals surface area (Å²) in [5.41, 5.74) is 4.81. The van der Waals surface area contributed by atoms with Crippen LogP contribution in [0.2, 0.25) is 0 Å². The van der Waals surface area contributed by atoms with Gasteiger partial charge in [-0.1, -0.05) is 54.2 Å². The van der Waals surface area contributed by atoms with E-state index in [1.54, 1.807) is 11.8 Å². The van der Waals surface area contributed by atoms with Gasteiger partial charge in [0.1, 0.15) is 10.8 Å². The van der Waals surface area contributed by atoms with Crippen molar-refractivity contribution in [3.63, 3.8) is 0 Å². The van der Waals surface area contributed by atoms with Gasteiger partial charge in [-0.05, 0) is 73.7 Å². The van der Waals surface area contributed by atoms with Crippen molar-refractivity contribution in [1.29, 1.82) is 0 Å². The zero-order valence-electron chi connectivity index (χ0n) is 16.0. The Morgan fingerprint density at radius 2 is 1.61 bits per heavy atom. The largest absolute Gasteiger partial charge is 0.465 e. The highest BCUT2D eigenvalue weighted by Crippen LogP contribution is 2.28. The molecule has 0 atom stereocenters. The summed E-state index contributed by atoms with van der Waals surface area (Å²) in [5.74, 6) is 0.892. The Hall–Kier alpha value is -2.78. The fourth-order valence-electron chi connectivity index (χ4n) is 3.24. The molecule has 0 radical (unpaired) electrons. The molecule has 0 saturated heterocycles. The van der Waals surface area contributed by atoms with E-state index in [0.717, 1.165) is 33.4 Å². The molecule has 3 heteroatoms. The van der Waals surface area contributed by atoms with Crippen LogP contribution in [0.1, 0.15) is 24.5 Å². The van der Waals surface area contributed by atoms with Crippen LogP contribution in [0, 0.1) is 0 Å². The van der Waals surface area contributed by atoms with E-state index in [9.17, 15) is 0 Å². The molecule has 0 saturated carbocycles. The van der Waals surface area contributed by atoms with Gasteiger partial charge in [-0.15, -0.1) is 0 Å². The minimum atomic E-state index is 0.892. The predicted octanol–water partition coefficient (Wildman–Crippen LogP) is 6.98. The first-order valence-electron chi connectivity index (χ1n) is 9.60. The smallest absolute Gasteiger partial charge is 0.126 e. The summed E-state index contributed by atoms with van der Waals surface area (Å²) in [5, 5.41) is 0.929. The molecule has 0 bridgehead atoms. The number of thioether (sulfide) groups is 1. The van der Waals surface area contributed by atoms with Gasteiger partial charge in [-0.2, -0.15) is 0 Å². The van der Waals surface area contributed by atoms with Crippen molar-refractivity contribution in [2.75, 3.05) is 0 Å². The number of rotatable bonds is 5. The van der Waals surface area contributed by atoms with Crippen molar-refractivity contribution in [2.24, 2.45) is 4.99 Å². The number of para-hydroxylation sites is 1. The molecular weight excluding hydrogens is 362 g/mol. The van der Waals surface area contributed by atoms with Crippen LogP contribution in [-0.2, 0) is 12.8 Å². The number of hydrogen-bond acceptors (Lipinski definition) is 3. The number of benzene rings is 3. The van der Waals surface area contributed by atoms with Crippen molar-refractivity contribution in [3.8, 4) is 5.75 Å². The van der Waals surface area contributed by atoms with E-state index in [0.29, 0.717) is 0 Å². The van der Waals surface area contributed by atoms with Gasteiger partial charge in [-0.25, -0.2) is 4.99 Å². The van der Waals surface area contributed by atoms with E-state index in [2.05, 4.69) is 30.3 Å². The second-order valence-electron chi connectivity index (χ2n) is 6.87. The molecule has 4 rings (SSSR count). The molecular formula is C25H23NOS. The topological polar surface area (TPSA) is 21.6 Å². The van der Waals surface area contributed by atoms with Crippen LogP contribution in [0.5, 0.6) is 5.75 Å². The van der Waals surface area contributed by atoms with E-state index < -0.39 is 0 Å². The molecule has 0 spiro atoms. The number of fused-ring (bicyclic) bond motifs is 1. The van der Waals surface area contributed by atoms with Crippen LogP contribution in [0.3, 0.4) is 0 Å². The van der Waals surface area contributed by atoms with Crippen molar-refractivity contribution in [3.05, 3.63) is 102 Å². The van der Waals surface area contributed by atoms with Crippen molar-refractivity contribution < 1.29 is 4.74 Å². The Labute approximate surface area is 171 Å². The maximum Gasteiger partial charge on any atom is 0.126 e. The molecule has 0 aliphatic heterocycles. The maximum atomic E-state index is 5.99. The molecule has 1 aliphatic rings. The normalized spacial score (nSPS) is 14.0. The van der Waals surface area contributed by atoms with E-state index in [1.807, 2.05) is 61.7 Å². The molecule has 0 unspecified atom stereocenters. The van der Waals surface area contributed by atoms with Gasteiger partial charge in [0.25, 0.3) is 0 Å². The van der Waals surface area contributed by atoms with E-state index >= 15 is 0 Å². The zero-order valence-corrected chi connectivity index (χ0v) is 16.8. The lowest BCUT2D eigenvalue weighted by Gasteiger charge is -2.09. The highest BCUT2D eigenvalue weighted by atomic mass is 32.2. The molecule has 0 heterocycles. The fraction of sp³-hybridized carbons (Fsp3) is 0.160. The standard InChI is InChI=1S/C25H23NOS/c1-19(18-27-23-16-15-20-9-8-10-21(20)17-23)25(26-22-11-4-2-5-12-22)28-24-13-6-3-7-14-24/h2-7,11-18H,8-10H2,1H3/b19-18?,26-25+. The van der Waals surface area contributed by atoms with E-state index in [-0.39, 0.29) is 0 Å². The van der Waals surface area contributed by atoms with Crippen LogP contribution in [0.25, 0.3) is 0 Å². The van der Waals surface area contributed by atoms with E-state index in [1.165, 1.54) is 24.0 Å². The number of nitrogens with zero attached hydrogens (tertiary/aromatic N) is 1. The fourth-order valence-corrected chi connectivity index (χ4v) is 4.12. The van der Waals surface area contributed by atoms with Crippen LogP contribution in [0.15, 0.2) is 101 Å². The summed E-state index contributed by atoms with van der Waals surface area (Å²) in [6.07, 6.45) is 5.40. The molecule has 2 nitrogen and oxygen atoms in total. The van der Waals surface area contributed by atoms with Gasteiger partial charge in [0, 0.05) is 10.5 Å². The Balaban J connectivity index is 1.57. The van der Waals surface area contributed by atoms with Crippen molar-refractivity contribution in [2.45, 2.75) is 31.1 Å². The maximum absolute atomic E-state index is 5.99. The van der Waals surface area contributed by atoms with Gasteiger partial charge >= 0.3 is 0 Å². The molecule has 0 fully saturated rings. The molecule has 0 aromatic heterocycles. The molecule has 0 amide bonds. The molecule has 28 heavy (non-hydrogen) atoms. The summed E-state index contributed by atoms with van der Waals surface area (Å²) in [6.45, 7) is 2.05. The monoisotopic (exact) mass is 385 g/mol. The molecule has 1 aliphatic carbocycles. The number of hydrogen-bond donors (Lipinski definition) is 0. The summed E-state index contributed by atoms with van der Waals surface area (Å²) < 4.78 is 5.99. The minimum absolute atomic E-state index is 0.892. The third kappa shape index (κ3) is 4.73. The third-order valence-corrected chi connectivity index (χ3v) is 5.84. The first kappa shape index (κ1) is 18.6. The lowest BCUT2D eigenvalue weighted by molar-refractivity contribution is 0.477. The summed E-state index contributed by atoms with van der Waals surface area (Å²) in [6, 6.07) is 26.8. The quantitative estimate of drug-likeness (QED) is 0.204. The summed E-state index contributed by atoms with van der Waals surface area (Å²) >= 11 is 1.65. The summed E-state index contributed by atoms with van der Waals surface area (Å²) in [7, 11) is 0. The van der Waals surface area contributed by atoms with E-state index in [4.69, 9.17) is 9.73 Å². The van der Waals surface area contributed by atoms with Crippen molar-refractivity contribution >= 4 is 22.5 Å². The van der Waals surface area contributed by atoms with Crippen LogP contribution in [-0.4, -0.2) is 5.04 Å². The first-order valence-corrected chi connectivity index (χ1v) is 10.4. The lowest BCUT2D eigenvalue weighted by atomic mass is 10.1. The van der Waals surface area contributed by atoms with Gasteiger partial charge in [-0.3, -0.25) is 0 Å². The van der Waals surface area contributed by atoms with Crippen LogP contribution in [0.4, 0.5) is 5.69 Å². The van der Waals surface area contributed by atoms with Crippen LogP contribution >= 0.6 is 11.8 Å². The third-order valence-electron chi connectivity index (χ3n) is 4.72. The Morgan fingerprint density at radius 3 is 2.39 bits per heavy atom. The Morgan fingerprint density at radius 1 is 0.893 bits per heavy atom. The van der Waals surface area contributed by atoms with Gasteiger partial charge in [0.05, 0.1) is 11.9 Å². The average Bonchev–Trinajstić information content (AvgIpc) is 3.21. The predicted molar refractivity (Wildman–Crippen MR) is 119 cm³/mol. The highest BCUT2D eigenvalue weighted by molar-refractivity contribution is 8.14. The average molecular weight is 386 g/mol. The second kappa shape index (κ2) is 8.94. The van der Waals surface area contributed by atoms with Gasteiger partial charge in [0.2, 0.25) is 0 Å². The zero-order chi connectivity index (χ0) is 19.2. The van der Waals surface area contributed by atoms with Crippen LogP contribution < -0.4 is 4.74 Å². The Bertz CT molecular complexity index is 994. The minimum Gasteiger partial charge on any atom is -0.465 e. The number of aryl methyl sites for hydroxylation is 2. The molecule has 140 valence electrons. The number of aliphatic imine (C=N–C) groups is 1. The number of ether oxygens (including phenoxy) is 1. The molecule has 3 aromatic carbocycles. The van der Waals surface area contributed by atoms with Gasteiger partial charge in [0.15, 0.2) is 0 Å². The SMILES string of the molecule is CC(=COc1ccc2c(c1)CCC2)/C(=N\c1ccccc1)Sc1ccccc1. The van der Waals surface area contributed by atoms with Crippen molar-refractivity contribution in [1.82, 2.24) is 0 Å². The highest BCUT2D eigenvalue weighted by Gasteiger charge is 2.11. The summed E-state index contributed by atoms with van der Waals surface area (Å²) in [4.78, 5) is 6.01. The first-order chi connectivity index (χ1) is 13.8. The molecule has 0 N–H and O–H groups in total. The Kier molecular flexibility index (Phi) is 5.93. The second-order valence-corrected chi connectivity index (χ2v) is 7.93. The lowest BCUT2D eigenvalue weighted by Crippen LogP contribution is -1.97. The van der Waals surface area contributed by atoms with Gasteiger partial charge < -0.3 is 4.74 Å².